The maximum Gasteiger partial charge on any atom is 0.287 e. The van der Waals surface area contributed by atoms with Crippen LogP contribution in [0.2, 0.25) is 0 Å². The SMILES string of the molecule is Cc1cccc(C(=O)N[C@H](C(=O)NCCNC(=O)c2ccco2)C(C)C)c1. The fraction of sp³-hybridized carbons (Fsp3) is 0.350. The van der Waals surface area contributed by atoms with E-state index < -0.39 is 6.04 Å². The Balaban J connectivity index is 1.83. The largest absolute Gasteiger partial charge is 0.459 e. The molecule has 0 aliphatic rings. The molecule has 3 amide bonds. The van der Waals surface area contributed by atoms with Crippen molar-refractivity contribution in [2.24, 2.45) is 5.92 Å². The Morgan fingerprint density at radius 3 is 2.37 bits per heavy atom. The van der Waals surface area contributed by atoms with Crippen molar-refractivity contribution in [1.29, 1.82) is 0 Å². The predicted molar refractivity (Wildman–Crippen MR) is 101 cm³/mol. The molecular weight excluding hydrogens is 346 g/mol. The molecule has 1 aromatic heterocycles. The third-order valence-corrected chi connectivity index (χ3v) is 3.97. The number of hydrogen-bond acceptors (Lipinski definition) is 4. The van der Waals surface area contributed by atoms with Crippen LogP contribution in [0, 0.1) is 12.8 Å². The monoisotopic (exact) mass is 371 g/mol. The fourth-order valence-electron chi connectivity index (χ4n) is 2.51. The van der Waals surface area contributed by atoms with Crippen molar-refractivity contribution in [2.75, 3.05) is 13.1 Å². The van der Waals surface area contributed by atoms with E-state index in [0.29, 0.717) is 5.56 Å². The zero-order valence-corrected chi connectivity index (χ0v) is 15.7. The minimum atomic E-state index is -0.668. The number of hydrogen-bond donors (Lipinski definition) is 3. The van der Waals surface area contributed by atoms with Crippen molar-refractivity contribution in [3.8, 4) is 0 Å². The first-order chi connectivity index (χ1) is 12.9. The summed E-state index contributed by atoms with van der Waals surface area (Å²) in [5.41, 5.74) is 1.49. The summed E-state index contributed by atoms with van der Waals surface area (Å²) < 4.78 is 4.99. The van der Waals surface area contributed by atoms with Crippen LogP contribution in [0.4, 0.5) is 0 Å². The van der Waals surface area contributed by atoms with Gasteiger partial charge in [0, 0.05) is 18.7 Å². The van der Waals surface area contributed by atoms with Gasteiger partial charge >= 0.3 is 0 Å². The second-order valence-corrected chi connectivity index (χ2v) is 6.59. The predicted octanol–water partition coefficient (Wildman–Crippen LogP) is 1.89. The molecule has 0 radical (unpaired) electrons. The van der Waals surface area contributed by atoms with Crippen LogP contribution < -0.4 is 16.0 Å². The molecule has 0 saturated heterocycles. The van der Waals surface area contributed by atoms with Gasteiger partial charge in [-0.2, -0.15) is 0 Å². The molecular formula is C20H25N3O4. The maximum atomic E-state index is 12.4. The second kappa shape index (κ2) is 9.56. The van der Waals surface area contributed by atoms with Crippen LogP contribution >= 0.6 is 0 Å². The van der Waals surface area contributed by atoms with Gasteiger partial charge in [0.05, 0.1) is 6.26 Å². The Labute approximate surface area is 158 Å². The topological polar surface area (TPSA) is 100 Å². The average Bonchev–Trinajstić information content (AvgIpc) is 3.17. The average molecular weight is 371 g/mol. The second-order valence-electron chi connectivity index (χ2n) is 6.59. The highest BCUT2D eigenvalue weighted by Crippen LogP contribution is 2.07. The minimum absolute atomic E-state index is 0.0866. The van der Waals surface area contributed by atoms with Crippen LogP contribution in [0.3, 0.4) is 0 Å². The van der Waals surface area contributed by atoms with Crippen LogP contribution in [0.25, 0.3) is 0 Å². The molecule has 2 aromatic rings. The summed E-state index contributed by atoms with van der Waals surface area (Å²) in [6.45, 7) is 6.12. The zero-order valence-electron chi connectivity index (χ0n) is 15.7. The lowest BCUT2D eigenvalue weighted by Gasteiger charge is -2.22. The van der Waals surface area contributed by atoms with Crippen LogP contribution in [-0.2, 0) is 4.79 Å². The first-order valence-electron chi connectivity index (χ1n) is 8.85. The number of carbonyl (C=O) groups is 3. The number of benzene rings is 1. The van der Waals surface area contributed by atoms with Crippen LogP contribution in [0.1, 0.15) is 40.3 Å². The van der Waals surface area contributed by atoms with Crippen molar-refractivity contribution < 1.29 is 18.8 Å². The molecule has 2 rings (SSSR count). The van der Waals surface area contributed by atoms with Crippen molar-refractivity contribution in [3.05, 3.63) is 59.5 Å². The lowest BCUT2D eigenvalue weighted by atomic mass is 10.0. The Hall–Kier alpha value is -3.09. The van der Waals surface area contributed by atoms with Crippen LogP contribution in [0.15, 0.2) is 47.1 Å². The summed E-state index contributed by atoms with van der Waals surface area (Å²) in [6, 6.07) is 9.71. The van der Waals surface area contributed by atoms with E-state index in [-0.39, 0.29) is 42.5 Å². The molecule has 1 heterocycles. The van der Waals surface area contributed by atoms with Crippen molar-refractivity contribution in [1.82, 2.24) is 16.0 Å². The summed E-state index contributed by atoms with van der Waals surface area (Å²) in [6.07, 6.45) is 1.42. The van der Waals surface area contributed by atoms with Crippen LogP contribution in [-0.4, -0.2) is 36.9 Å². The summed E-state index contributed by atoms with van der Waals surface area (Å²) in [5, 5.41) is 8.16. The van der Waals surface area contributed by atoms with Gasteiger partial charge in [0.1, 0.15) is 6.04 Å². The van der Waals surface area contributed by atoms with Gasteiger partial charge in [-0.25, -0.2) is 0 Å². The Morgan fingerprint density at radius 1 is 1.00 bits per heavy atom. The minimum Gasteiger partial charge on any atom is -0.459 e. The molecule has 0 spiro atoms. The normalized spacial score (nSPS) is 11.7. The van der Waals surface area contributed by atoms with Crippen molar-refractivity contribution in [3.63, 3.8) is 0 Å². The van der Waals surface area contributed by atoms with Gasteiger partial charge in [-0.05, 0) is 37.1 Å². The van der Waals surface area contributed by atoms with E-state index in [9.17, 15) is 14.4 Å². The number of rotatable bonds is 8. The molecule has 144 valence electrons. The highest BCUT2D eigenvalue weighted by molar-refractivity contribution is 5.97. The molecule has 0 saturated carbocycles. The molecule has 1 atom stereocenters. The quantitative estimate of drug-likeness (QED) is 0.617. The molecule has 0 fully saturated rings. The Bertz CT molecular complexity index is 784. The molecule has 7 heteroatoms. The van der Waals surface area contributed by atoms with Crippen LogP contribution in [0.5, 0.6) is 0 Å². The number of carbonyl (C=O) groups excluding carboxylic acids is 3. The van der Waals surface area contributed by atoms with E-state index >= 15 is 0 Å². The fourth-order valence-corrected chi connectivity index (χ4v) is 2.51. The lowest BCUT2D eigenvalue weighted by molar-refractivity contribution is -0.123. The van der Waals surface area contributed by atoms with Gasteiger partial charge in [0.25, 0.3) is 11.8 Å². The molecule has 27 heavy (non-hydrogen) atoms. The van der Waals surface area contributed by atoms with Crippen molar-refractivity contribution in [2.45, 2.75) is 26.8 Å². The van der Waals surface area contributed by atoms with E-state index in [0.717, 1.165) is 5.56 Å². The van der Waals surface area contributed by atoms with E-state index in [1.807, 2.05) is 26.8 Å². The number of furan rings is 1. The van der Waals surface area contributed by atoms with Gasteiger partial charge in [-0.15, -0.1) is 0 Å². The van der Waals surface area contributed by atoms with Crippen molar-refractivity contribution >= 4 is 17.7 Å². The molecule has 3 N–H and O–H groups in total. The molecule has 7 nitrogen and oxygen atoms in total. The lowest BCUT2D eigenvalue weighted by Crippen LogP contribution is -2.50. The number of aryl methyl sites for hydroxylation is 1. The zero-order chi connectivity index (χ0) is 19.8. The van der Waals surface area contributed by atoms with E-state index in [1.165, 1.54) is 6.26 Å². The molecule has 0 bridgehead atoms. The van der Waals surface area contributed by atoms with E-state index in [2.05, 4.69) is 16.0 Å². The Morgan fingerprint density at radius 2 is 1.74 bits per heavy atom. The third kappa shape index (κ3) is 5.99. The van der Waals surface area contributed by atoms with Gasteiger partial charge in [0.2, 0.25) is 5.91 Å². The van der Waals surface area contributed by atoms with Gasteiger partial charge < -0.3 is 20.4 Å². The number of nitrogens with one attached hydrogen (secondary N) is 3. The highest BCUT2D eigenvalue weighted by atomic mass is 16.3. The molecule has 0 unspecified atom stereocenters. The highest BCUT2D eigenvalue weighted by Gasteiger charge is 2.24. The Kier molecular flexibility index (Phi) is 7.16. The summed E-state index contributed by atoms with van der Waals surface area (Å²) in [5.74, 6) is -0.803. The maximum absolute atomic E-state index is 12.4. The molecule has 0 aliphatic carbocycles. The van der Waals surface area contributed by atoms with Gasteiger partial charge in [0.15, 0.2) is 5.76 Å². The number of amides is 3. The summed E-state index contributed by atoms with van der Waals surface area (Å²) in [7, 11) is 0. The van der Waals surface area contributed by atoms with E-state index in [1.54, 1.807) is 30.3 Å². The van der Waals surface area contributed by atoms with E-state index in [4.69, 9.17) is 4.42 Å². The first-order valence-corrected chi connectivity index (χ1v) is 8.85. The molecule has 0 aliphatic heterocycles. The third-order valence-electron chi connectivity index (χ3n) is 3.97. The smallest absolute Gasteiger partial charge is 0.287 e. The summed E-state index contributed by atoms with van der Waals surface area (Å²) >= 11 is 0. The standard InChI is InChI=1S/C20H25N3O4/c1-13(2)17(23-18(24)15-7-4-6-14(3)12-15)20(26)22-10-9-21-19(25)16-8-5-11-27-16/h4-8,11-13,17H,9-10H2,1-3H3,(H,21,25)(H,22,26)(H,23,24)/t17-/m0/s1. The first kappa shape index (κ1) is 20.2. The summed E-state index contributed by atoms with van der Waals surface area (Å²) in [4.78, 5) is 36.6. The van der Waals surface area contributed by atoms with Gasteiger partial charge in [-0.1, -0.05) is 31.5 Å². The van der Waals surface area contributed by atoms with Gasteiger partial charge in [-0.3, -0.25) is 14.4 Å². The molecule has 1 aromatic carbocycles.